The highest BCUT2D eigenvalue weighted by atomic mass is 16.4. The molecule has 108 valence electrons. The molecule has 1 aliphatic heterocycles. The first-order chi connectivity index (χ1) is 9.51. The maximum Gasteiger partial charge on any atom is 0.317 e. The van der Waals surface area contributed by atoms with Crippen LogP contribution in [0.1, 0.15) is 25.3 Å². The van der Waals surface area contributed by atoms with Crippen molar-refractivity contribution in [2.75, 3.05) is 13.1 Å². The maximum atomic E-state index is 12.0. The molecule has 2 rings (SSSR count). The van der Waals surface area contributed by atoms with Gasteiger partial charge in [-0.15, -0.1) is 0 Å². The van der Waals surface area contributed by atoms with E-state index in [9.17, 15) is 9.59 Å². The summed E-state index contributed by atoms with van der Waals surface area (Å²) in [5, 5.41) is 12.0. The van der Waals surface area contributed by atoms with Crippen molar-refractivity contribution in [2.45, 2.75) is 26.3 Å². The van der Waals surface area contributed by atoms with Crippen LogP contribution in [0.5, 0.6) is 0 Å². The number of amides is 2. The van der Waals surface area contributed by atoms with Gasteiger partial charge in [-0.25, -0.2) is 4.79 Å². The first kappa shape index (κ1) is 14.4. The fourth-order valence-corrected chi connectivity index (χ4v) is 2.30. The van der Waals surface area contributed by atoms with E-state index < -0.39 is 11.4 Å². The molecule has 0 atom stereocenters. The third-order valence-corrected chi connectivity index (χ3v) is 3.96. The topological polar surface area (TPSA) is 69.6 Å². The van der Waals surface area contributed by atoms with Crippen molar-refractivity contribution < 1.29 is 14.7 Å². The maximum absolute atomic E-state index is 12.0. The van der Waals surface area contributed by atoms with Gasteiger partial charge in [-0.2, -0.15) is 0 Å². The van der Waals surface area contributed by atoms with Crippen LogP contribution in [0.15, 0.2) is 30.3 Å². The predicted molar refractivity (Wildman–Crippen MR) is 75.2 cm³/mol. The molecule has 0 unspecified atom stereocenters. The monoisotopic (exact) mass is 276 g/mol. The number of carboxylic acids is 1. The third-order valence-electron chi connectivity index (χ3n) is 3.96. The van der Waals surface area contributed by atoms with Crippen LogP contribution in [0.3, 0.4) is 0 Å². The van der Waals surface area contributed by atoms with Crippen molar-refractivity contribution in [3.05, 3.63) is 35.9 Å². The lowest BCUT2D eigenvalue weighted by atomic mass is 9.80. The molecule has 1 aliphatic rings. The molecule has 1 fully saturated rings. The molecule has 1 saturated heterocycles. The number of piperidine rings is 1. The van der Waals surface area contributed by atoms with Gasteiger partial charge in [0.15, 0.2) is 0 Å². The summed E-state index contributed by atoms with van der Waals surface area (Å²) in [7, 11) is 0. The molecule has 2 N–H and O–H groups in total. The molecule has 5 nitrogen and oxygen atoms in total. The first-order valence-corrected chi connectivity index (χ1v) is 6.81. The van der Waals surface area contributed by atoms with E-state index in [0.717, 1.165) is 5.56 Å². The smallest absolute Gasteiger partial charge is 0.317 e. The summed E-state index contributed by atoms with van der Waals surface area (Å²) < 4.78 is 0. The number of benzene rings is 1. The number of urea groups is 1. The fraction of sp³-hybridized carbons (Fsp3) is 0.467. The quantitative estimate of drug-likeness (QED) is 0.888. The number of rotatable bonds is 3. The van der Waals surface area contributed by atoms with E-state index in [4.69, 9.17) is 5.11 Å². The standard InChI is InChI=1S/C15H20N2O3/c1-15(13(18)19)7-9-17(10-8-15)14(20)16-11-12-5-3-2-4-6-12/h2-6H,7-11H2,1H3,(H,16,20)(H,18,19). The summed E-state index contributed by atoms with van der Waals surface area (Å²) >= 11 is 0. The fourth-order valence-electron chi connectivity index (χ4n) is 2.30. The SMILES string of the molecule is CC1(C(=O)O)CCN(C(=O)NCc2ccccc2)CC1. The second-order valence-electron chi connectivity index (χ2n) is 5.50. The number of nitrogens with zero attached hydrogens (tertiary/aromatic N) is 1. The highest BCUT2D eigenvalue weighted by Crippen LogP contribution is 2.30. The van der Waals surface area contributed by atoms with Crippen molar-refractivity contribution in [3.63, 3.8) is 0 Å². The molecule has 20 heavy (non-hydrogen) atoms. The van der Waals surface area contributed by atoms with Gasteiger partial charge in [-0.3, -0.25) is 4.79 Å². The van der Waals surface area contributed by atoms with Crippen molar-refractivity contribution in [1.82, 2.24) is 10.2 Å². The molecule has 0 spiro atoms. The van der Waals surface area contributed by atoms with Gasteiger partial charge >= 0.3 is 12.0 Å². The summed E-state index contributed by atoms with van der Waals surface area (Å²) in [6.07, 6.45) is 1.00. The average Bonchev–Trinajstić information content (AvgIpc) is 2.46. The summed E-state index contributed by atoms with van der Waals surface area (Å²) in [6, 6.07) is 9.58. The van der Waals surface area contributed by atoms with Crippen molar-refractivity contribution >= 4 is 12.0 Å². The van der Waals surface area contributed by atoms with Gasteiger partial charge in [0, 0.05) is 19.6 Å². The Morgan fingerprint density at radius 1 is 1.25 bits per heavy atom. The molecule has 1 heterocycles. The summed E-state index contributed by atoms with van der Waals surface area (Å²) in [4.78, 5) is 24.9. The second kappa shape index (κ2) is 5.94. The molecule has 5 heteroatoms. The Kier molecular flexibility index (Phi) is 4.27. The minimum atomic E-state index is -0.776. The average molecular weight is 276 g/mol. The van der Waals surface area contributed by atoms with Crippen molar-refractivity contribution in [2.24, 2.45) is 5.41 Å². The van der Waals surface area contributed by atoms with Crippen molar-refractivity contribution in [1.29, 1.82) is 0 Å². The van der Waals surface area contributed by atoms with Gasteiger partial charge in [0.1, 0.15) is 0 Å². The Labute approximate surface area is 118 Å². The van der Waals surface area contributed by atoms with E-state index in [0.29, 0.717) is 32.5 Å². The lowest BCUT2D eigenvalue weighted by molar-refractivity contribution is -0.150. The van der Waals surface area contributed by atoms with Crippen LogP contribution in [0.25, 0.3) is 0 Å². The van der Waals surface area contributed by atoms with Gasteiger partial charge < -0.3 is 15.3 Å². The Hall–Kier alpha value is -2.04. The highest BCUT2D eigenvalue weighted by molar-refractivity contribution is 5.77. The van der Waals surface area contributed by atoms with Crippen LogP contribution in [-0.4, -0.2) is 35.1 Å². The number of likely N-dealkylation sites (tertiary alicyclic amines) is 1. The lowest BCUT2D eigenvalue weighted by Gasteiger charge is -2.36. The zero-order valence-electron chi connectivity index (χ0n) is 11.6. The molecule has 0 aliphatic carbocycles. The molecular weight excluding hydrogens is 256 g/mol. The Morgan fingerprint density at radius 3 is 2.40 bits per heavy atom. The number of nitrogens with one attached hydrogen (secondary N) is 1. The molecule has 2 amide bonds. The van der Waals surface area contributed by atoms with Gasteiger partial charge in [-0.1, -0.05) is 30.3 Å². The minimum Gasteiger partial charge on any atom is -0.481 e. The first-order valence-electron chi connectivity index (χ1n) is 6.81. The van der Waals surface area contributed by atoms with Crippen LogP contribution in [0.4, 0.5) is 4.79 Å². The van der Waals surface area contributed by atoms with E-state index in [-0.39, 0.29) is 6.03 Å². The Bertz CT molecular complexity index is 479. The number of carbonyl (C=O) groups excluding carboxylic acids is 1. The van der Waals surface area contributed by atoms with Crippen molar-refractivity contribution in [3.8, 4) is 0 Å². The van der Waals surface area contributed by atoms with E-state index >= 15 is 0 Å². The molecule has 0 saturated carbocycles. The predicted octanol–water partition coefficient (Wildman–Crippen LogP) is 2.08. The molecule has 0 radical (unpaired) electrons. The summed E-state index contributed by atoms with van der Waals surface area (Å²) in [6.45, 7) is 3.22. The van der Waals surface area contributed by atoms with Crippen LogP contribution < -0.4 is 5.32 Å². The van der Waals surface area contributed by atoms with Gasteiger partial charge in [-0.05, 0) is 25.3 Å². The van der Waals surface area contributed by atoms with Crippen LogP contribution in [-0.2, 0) is 11.3 Å². The number of carbonyl (C=O) groups is 2. The molecule has 1 aromatic carbocycles. The zero-order valence-corrected chi connectivity index (χ0v) is 11.6. The van der Waals surface area contributed by atoms with Gasteiger partial charge in [0.2, 0.25) is 0 Å². The van der Waals surface area contributed by atoms with Crippen LogP contribution in [0.2, 0.25) is 0 Å². The number of carboxylic acid groups (broad SMARTS) is 1. The van der Waals surface area contributed by atoms with Crippen LogP contribution >= 0.6 is 0 Å². The Morgan fingerprint density at radius 2 is 1.85 bits per heavy atom. The number of hydrogen-bond donors (Lipinski definition) is 2. The van der Waals surface area contributed by atoms with Crippen LogP contribution in [0, 0.1) is 5.41 Å². The Balaban J connectivity index is 1.82. The van der Waals surface area contributed by atoms with E-state index in [1.54, 1.807) is 11.8 Å². The van der Waals surface area contributed by atoms with Gasteiger partial charge in [0.25, 0.3) is 0 Å². The van der Waals surface area contributed by atoms with E-state index in [1.165, 1.54) is 0 Å². The highest BCUT2D eigenvalue weighted by Gasteiger charge is 2.37. The normalized spacial score (nSPS) is 17.6. The molecular formula is C15H20N2O3. The van der Waals surface area contributed by atoms with E-state index in [2.05, 4.69) is 5.32 Å². The largest absolute Gasteiger partial charge is 0.481 e. The molecule has 1 aromatic rings. The third kappa shape index (κ3) is 3.29. The minimum absolute atomic E-state index is 0.124. The lowest BCUT2D eigenvalue weighted by Crippen LogP contribution is -2.48. The molecule has 0 bridgehead atoms. The number of aliphatic carboxylic acids is 1. The second-order valence-corrected chi connectivity index (χ2v) is 5.50. The zero-order chi connectivity index (χ0) is 14.6. The number of hydrogen-bond acceptors (Lipinski definition) is 2. The summed E-state index contributed by atoms with van der Waals surface area (Å²) in [5.41, 5.74) is 0.351. The summed E-state index contributed by atoms with van der Waals surface area (Å²) in [5.74, 6) is -0.776. The van der Waals surface area contributed by atoms with Gasteiger partial charge in [0.05, 0.1) is 5.41 Å². The van der Waals surface area contributed by atoms with E-state index in [1.807, 2.05) is 30.3 Å². The molecule has 0 aromatic heterocycles.